The van der Waals surface area contributed by atoms with E-state index in [9.17, 15) is 4.79 Å². The molecule has 2 nitrogen and oxygen atoms in total. The monoisotopic (exact) mass is 181 g/mol. The summed E-state index contributed by atoms with van der Waals surface area (Å²) in [6.07, 6.45) is 6.82. The summed E-state index contributed by atoms with van der Waals surface area (Å²) < 4.78 is 0. The fourth-order valence-electron chi connectivity index (χ4n) is 1.62. The van der Waals surface area contributed by atoms with Crippen molar-refractivity contribution in [3.05, 3.63) is 12.2 Å². The van der Waals surface area contributed by atoms with Crippen molar-refractivity contribution in [1.82, 2.24) is 4.90 Å². The summed E-state index contributed by atoms with van der Waals surface area (Å²) in [6.45, 7) is 7.14. The standard InChI is InChI=1S/C11H19NO/c1-11(2,3)12-9-7-5-4-6-8-10(12)13/h4-5H,6-9H2,1-3H3/b5-4+. The SMILES string of the molecule is CC(C)(C)N1CC/C=C/CCC1=O. The average molecular weight is 181 g/mol. The van der Waals surface area contributed by atoms with Crippen LogP contribution in [0, 0.1) is 0 Å². The topological polar surface area (TPSA) is 20.3 Å². The maximum Gasteiger partial charge on any atom is 0.223 e. The molecule has 0 spiro atoms. The van der Waals surface area contributed by atoms with Gasteiger partial charge in [0.2, 0.25) is 5.91 Å². The van der Waals surface area contributed by atoms with E-state index in [1.165, 1.54) is 0 Å². The highest BCUT2D eigenvalue weighted by Gasteiger charge is 2.25. The van der Waals surface area contributed by atoms with Gasteiger partial charge in [0, 0.05) is 18.5 Å². The van der Waals surface area contributed by atoms with Crippen LogP contribution in [0.3, 0.4) is 0 Å². The molecule has 74 valence electrons. The Morgan fingerprint density at radius 2 is 1.85 bits per heavy atom. The first kappa shape index (κ1) is 10.3. The van der Waals surface area contributed by atoms with Crippen molar-refractivity contribution < 1.29 is 4.79 Å². The molecule has 2 heteroatoms. The zero-order valence-corrected chi connectivity index (χ0v) is 8.84. The average Bonchev–Trinajstić information content (AvgIpc) is 1.94. The van der Waals surface area contributed by atoms with E-state index in [0.29, 0.717) is 6.42 Å². The number of carbonyl (C=O) groups is 1. The molecular weight excluding hydrogens is 162 g/mol. The van der Waals surface area contributed by atoms with Crippen molar-refractivity contribution in [2.45, 2.75) is 45.6 Å². The van der Waals surface area contributed by atoms with Crippen LogP contribution in [0.4, 0.5) is 0 Å². The number of rotatable bonds is 0. The number of nitrogens with zero attached hydrogens (tertiary/aromatic N) is 1. The molecule has 13 heavy (non-hydrogen) atoms. The van der Waals surface area contributed by atoms with Gasteiger partial charge < -0.3 is 4.90 Å². The highest BCUT2D eigenvalue weighted by atomic mass is 16.2. The molecule has 0 aromatic heterocycles. The molecule has 0 saturated heterocycles. The number of allylic oxidation sites excluding steroid dienone is 1. The summed E-state index contributed by atoms with van der Waals surface area (Å²) in [7, 11) is 0. The first-order valence-electron chi connectivity index (χ1n) is 4.97. The molecular formula is C11H19NO. The van der Waals surface area contributed by atoms with Gasteiger partial charge in [-0.15, -0.1) is 0 Å². The fraction of sp³-hybridized carbons (Fsp3) is 0.727. The highest BCUT2D eigenvalue weighted by molar-refractivity contribution is 5.77. The van der Waals surface area contributed by atoms with Crippen LogP contribution in [0.25, 0.3) is 0 Å². The van der Waals surface area contributed by atoms with Crippen LogP contribution in [0.15, 0.2) is 12.2 Å². The lowest BCUT2D eigenvalue weighted by Gasteiger charge is -2.36. The van der Waals surface area contributed by atoms with Crippen molar-refractivity contribution in [3.8, 4) is 0 Å². The minimum Gasteiger partial charge on any atom is -0.338 e. The molecule has 1 heterocycles. The smallest absolute Gasteiger partial charge is 0.223 e. The Labute approximate surface area is 80.6 Å². The van der Waals surface area contributed by atoms with Gasteiger partial charge in [0.25, 0.3) is 0 Å². The molecule has 0 radical (unpaired) electrons. The van der Waals surface area contributed by atoms with Crippen molar-refractivity contribution in [1.29, 1.82) is 0 Å². The molecule has 0 atom stereocenters. The maximum atomic E-state index is 11.7. The zero-order chi connectivity index (χ0) is 9.90. The van der Waals surface area contributed by atoms with Gasteiger partial charge >= 0.3 is 0 Å². The quantitative estimate of drug-likeness (QED) is 0.525. The second-order valence-corrected chi connectivity index (χ2v) is 4.51. The van der Waals surface area contributed by atoms with E-state index in [4.69, 9.17) is 0 Å². The second kappa shape index (κ2) is 3.95. The molecule has 0 bridgehead atoms. The Morgan fingerprint density at radius 3 is 2.46 bits per heavy atom. The highest BCUT2D eigenvalue weighted by Crippen LogP contribution is 2.17. The Kier molecular flexibility index (Phi) is 3.12. The van der Waals surface area contributed by atoms with E-state index in [0.717, 1.165) is 19.4 Å². The molecule has 1 aliphatic heterocycles. The van der Waals surface area contributed by atoms with Crippen molar-refractivity contribution in [3.63, 3.8) is 0 Å². The number of amides is 1. The Hall–Kier alpha value is -0.790. The van der Waals surface area contributed by atoms with E-state index in [1.54, 1.807) is 0 Å². The molecule has 0 aromatic rings. The third kappa shape index (κ3) is 2.87. The molecule has 1 aliphatic rings. The second-order valence-electron chi connectivity index (χ2n) is 4.51. The third-order valence-corrected chi connectivity index (χ3v) is 2.32. The van der Waals surface area contributed by atoms with Gasteiger partial charge in [-0.2, -0.15) is 0 Å². The van der Waals surface area contributed by atoms with E-state index < -0.39 is 0 Å². The summed E-state index contributed by atoms with van der Waals surface area (Å²) >= 11 is 0. The van der Waals surface area contributed by atoms with Gasteiger partial charge in [-0.05, 0) is 33.6 Å². The predicted molar refractivity (Wildman–Crippen MR) is 54.5 cm³/mol. The van der Waals surface area contributed by atoms with Crippen LogP contribution in [-0.4, -0.2) is 22.9 Å². The lowest BCUT2D eigenvalue weighted by molar-refractivity contribution is -0.135. The minimum atomic E-state index is -0.0255. The molecule has 1 rings (SSSR count). The summed E-state index contributed by atoms with van der Waals surface area (Å²) in [5.41, 5.74) is -0.0255. The number of hydrogen-bond donors (Lipinski definition) is 0. The maximum absolute atomic E-state index is 11.7. The molecule has 1 amide bonds. The van der Waals surface area contributed by atoms with Gasteiger partial charge in [-0.25, -0.2) is 0 Å². The minimum absolute atomic E-state index is 0.0255. The van der Waals surface area contributed by atoms with Crippen molar-refractivity contribution in [2.24, 2.45) is 0 Å². The molecule has 0 fully saturated rings. The molecule has 0 saturated carbocycles. The molecule has 0 unspecified atom stereocenters. The molecule has 0 N–H and O–H groups in total. The van der Waals surface area contributed by atoms with Gasteiger partial charge in [0.05, 0.1) is 0 Å². The first-order valence-corrected chi connectivity index (χ1v) is 4.97. The van der Waals surface area contributed by atoms with Crippen LogP contribution < -0.4 is 0 Å². The normalized spacial score (nSPS) is 22.4. The number of carbonyl (C=O) groups excluding carboxylic acids is 1. The summed E-state index contributed by atoms with van der Waals surface area (Å²) in [4.78, 5) is 13.7. The largest absolute Gasteiger partial charge is 0.338 e. The lowest BCUT2D eigenvalue weighted by atomic mass is 10.0. The van der Waals surface area contributed by atoms with Crippen molar-refractivity contribution in [2.75, 3.05) is 6.54 Å². The van der Waals surface area contributed by atoms with Crippen LogP contribution in [0.1, 0.15) is 40.0 Å². The van der Waals surface area contributed by atoms with E-state index in [1.807, 2.05) is 4.90 Å². The summed E-state index contributed by atoms with van der Waals surface area (Å²) in [5, 5.41) is 0. The van der Waals surface area contributed by atoms with Gasteiger partial charge in [0.15, 0.2) is 0 Å². The summed E-state index contributed by atoms with van der Waals surface area (Å²) in [6, 6.07) is 0. The zero-order valence-electron chi connectivity index (χ0n) is 8.84. The van der Waals surface area contributed by atoms with Crippen LogP contribution in [-0.2, 0) is 4.79 Å². The van der Waals surface area contributed by atoms with Crippen LogP contribution >= 0.6 is 0 Å². The van der Waals surface area contributed by atoms with Crippen LogP contribution in [0.5, 0.6) is 0 Å². The fourth-order valence-corrected chi connectivity index (χ4v) is 1.62. The van der Waals surface area contributed by atoms with Crippen LogP contribution in [0.2, 0.25) is 0 Å². The van der Waals surface area contributed by atoms with Gasteiger partial charge in [-0.1, -0.05) is 12.2 Å². The number of hydrogen-bond acceptors (Lipinski definition) is 1. The van der Waals surface area contributed by atoms with E-state index in [2.05, 4.69) is 32.9 Å². The Morgan fingerprint density at radius 1 is 1.23 bits per heavy atom. The summed E-state index contributed by atoms with van der Waals surface area (Å²) in [5.74, 6) is 0.289. The van der Waals surface area contributed by atoms with Gasteiger partial charge in [0.1, 0.15) is 0 Å². The molecule has 0 aliphatic carbocycles. The van der Waals surface area contributed by atoms with E-state index >= 15 is 0 Å². The Bertz CT molecular complexity index is 213. The van der Waals surface area contributed by atoms with Crippen molar-refractivity contribution >= 4 is 5.91 Å². The third-order valence-electron chi connectivity index (χ3n) is 2.32. The molecule has 0 aromatic carbocycles. The Balaban J connectivity index is 2.70. The van der Waals surface area contributed by atoms with E-state index in [-0.39, 0.29) is 11.4 Å². The lowest BCUT2D eigenvalue weighted by Crippen LogP contribution is -2.46. The first-order chi connectivity index (χ1) is 6.02. The predicted octanol–water partition coefficient (Wildman–Crippen LogP) is 2.35. The van der Waals surface area contributed by atoms with Gasteiger partial charge in [-0.3, -0.25) is 4.79 Å².